The number of carbonyl (C=O) groups is 2. The number of rotatable bonds is 5. The predicted molar refractivity (Wildman–Crippen MR) is 91.0 cm³/mol. The molecule has 0 atom stereocenters. The Morgan fingerprint density at radius 3 is 2.63 bits per heavy atom. The molecule has 0 aliphatic heterocycles. The number of alkyl halides is 3. The summed E-state index contributed by atoms with van der Waals surface area (Å²) in [4.78, 5) is 24.0. The first-order chi connectivity index (χ1) is 12.8. The molecule has 2 aromatic carbocycles. The van der Waals surface area contributed by atoms with E-state index in [0.717, 1.165) is 0 Å². The van der Waals surface area contributed by atoms with Crippen molar-refractivity contribution in [3.8, 4) is 0 Å². The molecule has 10 heteroatoms. The maximum absolute atomic E-state index is 12.2. The molecule has 0 saturated carbocycles. The molecule has 3 rings (SSSR count). The summed E-state index contributed by atoms with van der Waals surface area (Å²) in [5, 5.41) is 12.2. The van der Waals surface area contributed by atoms with Crippen LogP contribution in [0.5, 0.6) is 0 Å². The molecule has 0 saturated heterocycles. The Morgan fingerprint density at radius 1 is 1.07 bits per heavy atom. The van der Waals surface area contributed by atoms with E-state index in [1.807, 2.05) is 0 Å². The van der Waals surface area contributed by atoms with Gasteiger partial charge in [0.15, 0.2) is 0 Å². The number of nitrogens with zero attached hydrogens (tertiary/aromatic N) is 3. The number of para-hydroxylation sites is 1. The molecule has 0 bridgehead atoms. The number of aromatic nitrogens is 3. The molecule has 2 N–H and O–H groups in total. The second-order valence-corrected chi connectivity index (χ2v) is 5.66. The van der Waals surface area contributed by atoms with Crippen molar-refractivity contribution in [2.45, 2.75) is 12.7 Å². The van der Waals surface area contributed by atoms with E-state index in [1.54, 1.807) is 29.6 Å². The number of hydrogen-bond donors (Lipinski definition) is 2. The lowest BCUT2D eigenvalue weighted by Gasteiger charge is -2.10. The van der Waals surface area contributed by atoms with Crippen LogP contribution in [0.1, 0.15) is 10.4 Å². The number of carbonyl (C=O) groups excluding carboxylic acids is 2. The number of hydrogen-bond acceptors (Lipinski definition) is 4. The molecule has 140 valence electrons. The smallest absolute Gasteiger partial charge is 0.343 e. The van der Waals surface area contributed by atoms with E-state index in [4.69, 9.17) is 0 Å². The summed E-state index contributed by atoms with van der Waals surface area (Å²) in [5.41, 5.74) is 1.62. The van der Waals surface area contributed by atoms with Gasteiger partial charge in [-0.1, -0.05) is 23.4 Å². The van der Waals surface area contributed by atoms with Gasteiger partial charge in [0.05, 0.1) is 5.52 Å². The molecule has 7 nitrogen and oxygen atoms in total. The molecular weight excluding hydrogens is 363 g/mol. The quantitative estimate of drug-likeness (QED) is 0.714. The highest BCUT2D eigenvalue weighted by atomic mass is 19.4. The van der Waals surface area contributed by atoms with Crippen LogP contribution in [0.4, 0.5) is 18.9 Å². The molecule has 0 fully saturated rings. The number of amides is 2. The fourth-order valence-corrected chi connectivity index (χ4v) is 2.39. The molecule has 0 spiro atoms. The Hall–Kier alpha value is -3.43. The van der Waals surface area contributed by atoms with Crippen LogP contribution in [0.15, 0.2) is 48.5 Å². The third-order valence-electron chi connectivity index (χ3n) is 3.57. The van der Waals surface area contributed by atoms with Gasteiger partial charge in [0.1, 0.15) is 18.6 Å². The lowest BCUT2D eigenvalue weighted by Crippen LogP contribution is -2.33. The zero-order valence-electron chi connectivity index (χ0n) is 13.8. The van der Waals surface area contributed by atoms with E-state index in [9.17, 15) is 22.8 Å². The van der Waals surface area contributed by atoms with Crippen LogP contribution in [0.3, 0.4) is 0 Å². The van der Waals surface area contributed by atoms with Gasteiger partial charge in [0, 0.05) is 11.3 Å². The molecular formula is C17H14F3N5O2. The lowest BCUT2D eigenvalue weighted by molar-refractivity contribution is -0.123. The normalized spacial score (nSPS) is 11.4. The van der Waals surface area contributed by atoms with Gasteiger partial charge in [-0.15, -0.1) is 5.10 Å². The molecule has 1 heterocycles. The average molecular weight is 377 g/mol. The zero-order chi connectivity index (χ0) is 19.4. The van der Waals surface area contributed by atoms with Crippen LogP contribution < -0.4 is 10.6 Å². The topological polar surface area (TPSA) is 88.9 Å². The standard InChI is InChI=1S/C17H14F3N5O2/c18-17(19,20)10-21-16(27)11-4-3-5-12(8-11)22-15(26)9-25-14-7-2-1-6-13(14)23-24-25/h1-8H,9-10H2,(H,21,27)(H,22,26). The Morgan fingerprint density at radius 2 is 1.85 bits per heavy atom. The minimum Gasteiger partial charge on any atom is -0.343 e. The van der Waals surface area contributed by atoms with E-state index in [2.05, 4.69) is 15.6 Å². The second kappa shape index (κ2) is 7.44. The summed E-state index contributed by atoms with van der Waals surface area (Å²) in [6, 6.07) is 12.8. The van der Waals surface area contributed by atoms with Crippen LogP contribution >= 0.6 is 0 Å². The Kier molecular flexibility index (Phi) is 5.06. The molecule has 0 radical (unpaired) electrons. The fourth-order valence-electron chi connectivity index (χ4n) is 2.39. The number of nitrogens with one attached hydrogen (secondary N) is 2. The van der Waals surface area contributed by atoms with Gasteiger partial charge in [0.2, 0.25) is 5.91 Å². The molecule has 3 aromatic rings. The van der Waals surface area contributed by atoms with Crippen LogP contribution in [0.25, 0.3) is 11.0 Å². The van der Waals surface area contributed by atoms with Crippen LogP contribution in [0, 0.1) is 0 Å². The fraction of sp³-hybridized carbons (Fsp3) is 0.176. The lowest BCUT2D eigenvalue weighted by atomic mass is 10.2. The minimum atomic E-state index is -4.50. The van der Waals surface area contributed by atoms with Crippen LogP contribution in [0.2, 0.25) is 0 Å². The van der Waals surface area contributed by atoms with E-state index in [0.29, 0.717) is 11.0 Å². The van der Waals surface area contributed by atoms with Crippen molar-refractivity contribution < 1.29 is 22.8 Å². The maximum Gasteiger partial charge on any atom is 0.405 e. The summed E-state index contributed by atoms with van der Waals surface area (Å²) in [5.74, 6) is -1.30. The van der Waals surface area contributed by atoms with Crippen molar-refractivity contribution in [2.24, 2.45) is 0 Å². The number of fused-ring (bicyclic) bond motifs is 1. The van der Waals surface area contributed by atoms with Gasteiger partial charge in [-0.3, -0.25) is 9.59 Å². The Labute approximate surface area is 151 Å². The molecule has 0 unspecified atom stereocenters. The van der Waals surface area contributed by atoms with E-state index in [1.165, 1.54) is 28.9 Å². The first-order valence-electron chi connectivity index (χ1n) is 7.85. The van der Waals surface area contributed by atoms with E-state index >= 15 is 0 Å². The van der Waals surface area contributed by atoms with Crippen molar-refractivity contribution >= 4 is 28.5 Å². The van der Waals surface area contributed by atoms with Crippen molar-refractivity contribution in [3.05, 3.63) is 54.1 Å². The molecule has 1 aromatic heterocycles. The maximum atomic E-state index is 12.2. The SMILES string of the molecule is O=C(Cn1nnc2ccccc21)Nc1cccc(C(=O)NCC(F)(F)F)c1. The van der Waals surface area contributed by atoms with Gasteiger partial charge in [-0.05, 0) is 30.3 Å². The molecule has 0 aliphatic carbocycles. The average Bonchev–Trinajstić information content (AvgIpc) is 3.02. The highest BCUT2D eigenvalue weighted by Crippen LogP contribution is 2.15. The number of benzene rings is 2. The minimum absolute atomic E-state index is 0.00301. The van der Waals surface area contributed by atoms with Crippen molar-refractivity contribution in [2.75, 3.05) is 11.9 Å². The van der Waals surface area contributed by atoms with Crippen molar-refractivity contribution in [1.82, 2.24) is 20.3 Å². The van der Waals surface area contributed by atoms with Crippen LogP contribution in [-0.4, -0.2) is 39.5 Å². The van der Waals surface area contributed by atoms with E-state index < -0.39 is 24.5 Å². The summed E-state index contributed by atoms with van der Waals surface area (Å²) >= 11 is 0. The molecule has 2 amide bonds. The van der Waals surface area contributed by atoms with E-state index in [-0.39, 0.29) is 17.8 Å². The second-order valence-electron chi connectivity index (χ2n) is 5.66. The third kappa shape index (κ3) is 4.81. The molecule has 27 heavy (non-hydrogen) atoms. The van der Waals surface area contributed by atoms with Gasteiger partial charge in [-0.2, -0.15) is 13.2 Å². The highest BCUT2D eigenvalue weighted by Gasteiger charge is 2.27. The Bertz CT molecular complexity index is 984. The highest BCUT2D eigenvalue weighted by molar-refractivity contribution is 5.97. The van der Waals surface area contributed by atoms with Gasteiger partial charge < -0.3 is 10.6 Å². The first-order valence-corrected chi connectivity index (χ1v) is 7.85. The predicted octanol–water partition coefficient (Wildman–Crippen LogP) is 2.36. The summed E-state index contributed by atoms with van der Waals surface area (Å²) in [7, 11) is 0. The van der Waals surface area contributed by atoms with Gasteiger partial charge in [-0.25, -0.2) is 4.68 Å². The zero-order valence-corrected chi connectivity index (χ0v) is 13.8. The largest absolute Gasteiger partial charge is 0.405 e. The van der Waals surface area contributed by atoms with Crippen molar-refractivity contribution in [3.63, 3.8) is 0 Å². The Balaban J connectivity index is 1.65. The monoisotopic (exact) mass is 377 g/mol. The van der Waals surface area contributed by atoms with Gasteiger partial charge >= 0.3 is 6.18 Å². The molecule has 0 aliphatic rings. The summed E-state index contributed by atoms with van der Waals surface area (Å²) in [6.45, 7) is -1.53. The summed E-state index contributed by atoms with van der Waals surface area (Å²) < 4.78 is 38.0. The van der Waals surface area contributed by atoms with Crippen LogP contribution in [-0.2, 0) is 11.3 Å². The summed E-state index contributed by atoms with van der Waals surface area (Å²) in [6.07, 6.45) is -4.50. The first kappa shape index (κ1) is 18.4. The third-order valence-corrected chi connectivity index (χ3v) is 3.57. The number of anilines is 1. The number of halogens is 3. The van der Waals surface area contributed by atoms with Crippen molar-refractivity contribution in [1.29, 1.82) is 0 Å². The van der Waals surface area contributed by atoms with Gasteiger partial charge in [0.25, 0.3) is 5.91 Å².